The quantitative estimate of drug-likeness (QED) is 0.771. The lowest BCUT2D eigenvalue weighted by Gasteiger charge is -2.12. The lowest BCUT2D eigenvalue weighted by Crippen LogP contribution is -2.18. The third kappa shape index (κ3) is 3.49. The predicted octanol–water partition coefficient (Wildman–Crippen LogP) is 2.40. The van der Waals surface area contributed by atoms with E-state index in [0.717, 1.165) is 24.9 Å². The van der Waals surface area contributed by atoms with Gasteiger partial charge in [-0.3, -0.25) is 0 Å². The molecule has 1 aromatic heterocycles. The van der Waals surface area contributed by atoms with Crippen molar-refractivity contribution in [3.05, 3.63) is 23.9 Å². The fourth-order valence-corrected chi connectivity index (χ4v) is 1.58. The van der Waals surface area contributed by atoms with Gasteiger partial charge in [-0.2, -0.15) is 0 Å². The molecular formula is C13H21N3. The zero-order valence-electron chi connectivity index (χ0n) is 10.2. The number of anilines is 1. The first-order valence-corrected chi connectivity index (χ1v) is 6.17. The van der Waals surface area contributed by atoms with Gasteiger partial charge in [0.15, 0.2) is 0 Å². The maximum Gasteiger partial charge on any atom is 0.130 e. The molecule has 1 saturated carbocycles. The molecule has 0 atom stereocenters. The summed E-state index contributed by atoms with van der Waals surface area (Å²) in [6.45, 7) is 6.32. The second-order valence-corrected chi connectivity index (χ2v) is 4.94. The van der Waals surface area contributed by atoms with Crippen molar-refractivity contribution in [3.8, 4) is 0 Å². The Morgan fingerprint density at radius 3 is 2.94 bits per heavy atom. The summed E-state index contributed by atoms with van der Waals surface area (Å²) in [4.78, 5) is 4.40. The maximum absolute atomic E-state index is 4.40. The molecule has 0 saturated heterocycles. The van der Waals surface area contributed by atoms with E-state index in [4.69, 9.17) is 0 Å². The van der Waals surface area contributed by atoms with Crippen LogP contribution < -0.4 is 10.6 Å². The number of nitrogens with one attached hydrogen (secondary N) is 2. The molecule has 88 valence electrons. The zero-order chi connectivity index (χ0) is 11.4. The highest BCUT2D eigenvalue weighted by Gasteiger charge is 2.20. The SMILES string of the molecule is CC(C)CNc1ncccc1CNC1CC1. The summed E-state index contributed by atoms with van der Waals surface area (Å²) in [6.07, 6.45) is 4.51. The number of hydrogen-bond acceptors (Lipinski definition) is 3. The second kappa shape index (κ2) is 5.30. The average molecular weight is 219 g/mol. The molecule has 0 spiro atoms. The van der Waals surface area contributed by atoms with E-state index in [1.54, 1.807) is 0 Å². The van der Waals surface area contributed by atoms with Gasteiger partial charge >= 0.3 is 0 Å². The fraction of sp³-hybridized carbons (Fsp3) is 0.615. The van der Waals surface area contributed by atoms with Crippen molar-refractivity contribution in [1.29, 1.82) is 0 Å². The number of hydrogen-bond donors (Lipinski definition) is 2. The molecule has 1 fully saturated rings. The Kier molecular flexibility index (Phi) is 3.78. The minimum atomic E-state index is 0.645. The largest absolute Gasteiger partial charge is 0.370 e. The van der Waals surface area contributed by atoms with Crippen molar-refractivity contribution in [3.63, 3.8) is 0 Å². The van der Waals surface area contributed by atoms with Gasteiger partial charge in [-0.15, -0.1) is 0 Å². The minimum Gasteiger partial charge on any atom is -0.370 e. The van der Waals surface area contributed by atoms with Crippen LogP contribution >= 0.6 is 0 Å². The number of pyridine rings is 1. The van der Waals surface area contributed by atoms with Crippen molar-refractivity contribution in [2.24, 2.45) is 5.92 Å². The monoisotopic (exact) mass is 219 g/mol. The zero-order valence-corrected chi connectivity index (χ0v) is 10.2. The second-order valence-electron chi connectivity index (χ2n) is 4.94. The van der Waals surface area contributed by atoms with Crippen LogP contribution in [0, 0.1) is 5.92 Å². The van der Waals surface area contributed by atoms with E-state index < -0.39 is 0 Å². The van der Waals surface area contributed by atoms with Crippen molar-refractivity contribution >= 4 is 5.82 Å². The van der Waals surface area contributed by atoms with Gasteiger partial charge in [-0.05, 0) is 24.8 Å². The third-order valence-electron chi connectivity index (χ3n) is 2.73. The van der Waals surface area contributed by atoms with Gasteiger partial charge < -0.3 is 10.6 Å². The summed E-state index contributed by atoms with van der Waals surface area (Å²) in [5.41, 5.74) is 1.27. The lowest BCUT2D eigenvalue weighted by molar-refractivity contribution is 0.673. The van der Waals surface area contributed by atoms with Crippen LogP contribution in [0.3, 0.4) is 0 Å². The van der Waals surface area contributed by atoms with Crippen LogP contribution in [-0.2, 0) is 6.54 Å². The molecule has 0 unspecified atom stereocenters. The Balaban J connectivity index is 1.92. The number of aromatic nitrogens is 1. The van der Waals surface area contributed by atoms with Crippen LogP contribution in [0.1, 0.15) is 32.3 Å². The van der Waals surface area contributed by atoms with Crippen molar-refractivity contribution in [2.75, 3.05) is 11.9 Å². The Bertz CT molecular complexity index is 307. The topological polar surface area (TPSA) is 37.0 Å². The molecule has 0 radical (unpaired) electrons. The third-order valence-corrected chi connectivity index (χ3v) is 2.73. The molecule has 2 rings (SSSR count). The van der Waals surface area contributed by atoms with E-state index in [9.17, 15) is 0 Å². The summed E-state index contributed by atoms with van der Waals surface area (Å²) >= 11 is 0. The summed E-state index contributed by atoms with van der Waals surface area (Å²) in [5.74, 6) is 1.68. The molecule has 1 heterocycles. The Labute approximate surface area is 97.7 Å². The van der Waals surface area contributed by atoms with E-state index in [0.29, 0.717) is 5.92 Å². The standard InChI is InChI=1S/C13H21N3/c1-10(2)8-16-13-11(4-3-7-14-13)9-15-12-5-6-12/h3-4,7,10,12,15H,5-6,8-9H2,1-2H3,(H,14,16). The highest BCUT2D eigenvalue weighted by molar-refractivity contribution is 5.43. The highest BCUT2D eigenvalue weighted by atomic mass is 15.0. The normalized spacial score (nSPS) is 15.4. The van der Waals surface area contributed by atoms with Gasteiger partial charge in [-0.25, -0.2) is 4.98 Å². The Morgan fingerprint density at radius 1 is 1.44 bits per heavy atom. The predicted molar refractivity (Wildman–Crippen MR) is 67.4 cm³/mol. The molecule has 0 bridgehead atoms. The van der Waals surface area contributed by atoms with Crippen molar-refractivity contribution in [2.45, 2.75) is 39.3 Å². The molecule has 0 amide bonds. The van der Waals surface area contributed by atoms with Gasteiger partial charge in [-0.1, -0.05) is 19.9 Å². The first kappa shape index (κ1) is 11.4. The van der Waals surface area contributed by atoms with Gasteiger partial charge in [0, 0.05) is 30.9 Å². The minimum absolute atomic E-state index is 0.645. The highest BCUT2D eigenvalue weighted by Crippen LogP contribution is 2.20. The van der Waals surface area contributed by atoms with E-state index in [1.807, 2.05) is 12.3 Å². The van der Waals surface area contributed by atoms with E-state index in [-0.39, 0.29) is 0 Å². The van der Waals surface area contributed by atoms with Gasteiger partial charge in [0.2, 0.25) is 0 Å². The van der Waals surface area contributed by atoms with Gasteiger partial charge in [0.05, 0.1) is 0 Å². The molecule has 3 heteroatoms. The fourth-order valence-electron chi connectivity index (χ4n) is 1.58. The van der Waals surface area contributed by atoms with Crippen LogP contribution in [-0.4, -0.2) is 17.6 Å². The molecule has 3 nitrogen and oxygen atoms in total. The number of rotatable bonds is 6. The number of nitrogens with zero attached hydrogens (tertiary/aromatic N) is 1. The molecular weight excluding hydrogens is 198 g/mol. The molecule has 1 aromatic rings. The molecule has 0 aromatic carbocycles. The molecule has 0 aliphatic heterocycles. The first-order chi connectivity index (χ1) is 7.75. The van der Waals surface area contributed by atoms with Crippen LogP contribution in [0.15, 0.2) is 18.3 Å². The summed E-state index contributed by atoms with van der Waals surface area (Å²) < 4.78 is 0. The van der Waals surface area contributed by atoms with Crippen LogP contribution in [0.25, 0.3) is 0 Å². The lowest BCUT2D eigenvalue weighted by atomic mass is 10.2. The molecule has 2 N–H and O–H groups in total. The maximum atomic E-state index is 4.40. The van der Waals surface area contributed by atoms with Gasteiger partial charge in [0.25, 0.3) is 0 Å². The summed E-state index contributed by atoms with van der Waals surface area (Å²) in [5, 5.41) is 6.93. The summed E-state index contributed by atoms with van der Waals surface area (Å²) in [7, 11) is 0. The van der Waals surface area contributed by atoms with E-state index >= 15 is 0 Å². The smallest absolute Gasteiger partial charge is 0.130 e. The van der Waals surface area contributed by atoms with Crippen molar-refractivity contribution in [1.82, 2.24) is 10.3 Å². The molecule has 1 aliphatic carbocycles. The Hall–Kier alpha value is -1.09. The first-order valence-electron chi connectivity index (χ1n) is 6.17. The van der Waals surface area contributed by atoms with Crippen LogP contribution in [0.4, 0.5) is 5.82 Å². The van der Waals surface area contributed by atoms with Crippen LogP contribution in [0.2, 0.25) is 0 Å². The van der Waals surface area contributed by atoms with E-state index in [2.05, 4.69) is 35.5 Å². The Morgan fingerprint density at radius 2 is 2.25 bits per heavy atom. The molecule has 16 heavy (non-hydrogen) atoms. The summed E-state index contributed by atoms with van der Waals surface area (Å²) in [6, 6.07) is 4.90. The molecule has 1 aliphatic rings. The average Bonchev–Trinajstić information content (AvgIpc) is 3.08. The van der Waals surface area contributed by atoms with Crippen molar-refractivity contribution < 1.29 is 0 Å². The van der Waals surface area contributed by atoms with Crippen LogP contribution in [0.5, 0.6) is 0 Å². The van der Waals surface area contributed by atoms with Gasteiger partial charge in [0.1, 0.15) is 5.82 Å². The van der Waals surface area contributed by atoms with E-state index in [1.165, 1.54) is 18.4 Å².